The first-order valence-corrected chi connectivity index (χ1v) is 7.47. The number of nitrogens with zero attached hydrogens (tertiary/aromatic N) is 2. The van der Waals surface area contributed by atoms with Crippen LogP contribution in [0, 0.1) is 0 Å². The fourth-order valence-corrected chi connectivity index (χ4v) is 3.51. The molecule has 2 rings (SSSR count). The summed E-state index contributed by atoms with van der Waals surface area (Å²) in [7, 11) is -1.97. The number of sulfonamides is 1. The van der Waals surface area contributed by atoms with Crippen LogP contribution < -0.4 is 11.3 Å². The Bertz CT molecular complexity index is 530. The molecule has 8 heteroatoms. The number of rotatable bonds is 7. The Kier molecular flexibility index (Phi) is 4.35. The lowest BCUT2D eigenvalue weighted by Crippen LogP contribution is -2.35. The first kappa shape index (κ1) is 14.2. The van der Waals surface area contributed by atoms with Gasteiger partial charge >= 0.3 is 0 Å². The molecular formula is C11H18N4O3S. The molecule has 0 radical (unpaired) electrons. The molecule has 3 N–H and O–H groups in total. The van der Waals surface area contributed by atoms with Gasteiger partial charge in [-0.2, -0.15) is 4.31 Å². The summed E-state index contributed by atoms with van der Waals surface area (Å²) < 4.78 is 31.6. The van der Waals surface area contributed by atoms with Crippen LogP contribution in [0.15, 0.2) is 23.2 Å². The lowest BCUT2D eigenvalue weighted by Gasteiger charge is -2.21. The van der Waals surface area contributed by atoms with E-state index >= 15 is 0 Å². The maximum absolute atomic E-state index is 12.6. The van der Waals surface area contributed by atoms with Crippen LogP contribution in [0.4, 0.5) is 5.82 Å². The van der Waals surface area contributed by atoms with E-state index in [1.807, 2.05) is 0 Å². The highest BCUT2D eigenvalue weighted by Gasteiger charge is 2.37. The van der Waals surface area contributed by atoms with Crippen LogP contribution in [0.5, 0.6) is 0 Å². The second kappa shape index (κ2) is 5.83. The molecule has 1 fully saturated rings. The topological polar surface area (TPSA) is 97.5 Å². The minimum absolute atomic E-state index is 0.0857. The normalized spacial score (nSPS) is 15.7. The zero-order chi connectivity index (χ0) is 13.9. The summed E-state index contributed by atoms with van der Waals surface area (Å²) in [6, 6.07) is 2.98. The van der Waals surface area contributed by atoms with E-state index in [9.17, 15) is 8.42 Å². The molecule has 0 unspecified atom stereocenters. The van der Waals surface area contributed by atoms with Crippen molar-refractivity contribution in [1.82, 2.24) is 9.29 Å². The van der Waals surface area contributed by atoms with Gasteiger partial charge in [-0.05, 0) is 18.9 Å². The third kappa shape index (κ3) is 3.21. The van der Waals surface area contributed by atoms with Crippen LogP contribution in [-0.2, 0) is 14.8 Å². The van der Waals surface area contributed by atoms with E-state index < -0.39 is 10.0 Å². The fraction of sp³-hybridized carbons (Fsp3) is 0.545. The third-order valence-electron chi connectivity index (χ3n) is 2.96. The average molecular weight is 286 g/mol. The average Bonchev–Trinajstić information content (AvgIpc) is 3.23. The molecule has 106 valence electrons. The Labute approximate surface area is 112 Å². The maximum Gasteiger partial charge on any atom is 0.243 e. The fourth-order valence-electron chi connectivity index (χ4n) is 1.83. The molecule has 0 amide bonds. The maximum atomic E-state index is 12.6. The number of hydrogen-bond acceptors (Lipinski definition) is 6. The van der Waals surface area contributed by atoms with Gasteiger partial charge in [-0.3, -0.25) is 0 Å². The number of aromatic nitrogens is 1. The van der Waals surface area contributed by atoms with Crippen molar-refractivity contribution in [2.24, 2.45) is 5.84 Å². The highest BCUT2D eigenvalue weighted by Crippen LogP contribution is 2.32. The number of anilines is 1. The monoisotopic (exact) mass is 286 g/mol. The van der Waals surface area contributed by atoms with Crippen LogP contribution in [0.1, 0.15) is 12.8 Å². The van der Waals surface area contributed by atoms with E-state index in [2.05, 4.69) is 10.4 Å². The van der Waals surface area contributed by atoms with Crippen molar-refractivity contribution in [1.29, 1.82) is 0 Å². The van der Waals surface area contributed by atoms with Crippen molar-refractivity contribution in [3.05, 3.63) is 18.3 Å². The third-order valence-corrected chi connectivity index (χ3v) is 4.90. The number of hydrogen-bond donors (Lipinski definition) is 2. The van der Waals surface area contributed by atoms with Crippen LogP contribution in [0.25, 0.3) is 0 Å². The van der Waals surface area contributed by atoms with Gasteiger partial charge in [0.25, 0.3) is 0 Å². The largest absolute Gasteiger partial charge is 0.383 e. The van der Waals surface area contributed by atoms with Crippen molar-refractivity contribution in [2.45, 2.75) is 23.8 Å². The number of nitrogens with one attached hydrogen (secondary N) is 1. The van der Waals surface area contributed by atoms with Crippen molar-refractivity contribution >= 4 is 15.8 Å². The number of nitrogen functional groups attached to an aromatic ring is 1. The van der Waals surface area contributed by atoms with Gasteiger partial charge in [0.15, 0.2) is 0 Å². The molecule has 7 nitrogen and oxygen atoms in total. The summed E-state index contributed by atoms with van der Waals surface area (Å²) in [6.07, 6.45) is 3.22. The van der Waals surface area contributed by atoms with Crippen LogP contribution >= 0.6 is 0 Å². The van der Waals surface area contributed by atoms with Gasteiger partial charge in [0.1, 0.15) is 5.82 Å². The van der Waals surface area contributed by atoms with Crippen LogP contribution in [-0.4, -0.2) is 44.0 Å². The summed E-state index contributed by atoms with van der Waals surface area (Å²) >= 11 is 0. The number of pyridine rings is 1. The van der Waals surface area contributed by atoms with Gasteiger partial charge in [-0.1, -0.05) is 0 Å². The quantitative estimate of drug-likeness (QED) is 0.547. The number of ether oxygens (including phenoxy) is 1. The molecule has 1 aromatic rings. The van der Waals surface area contributed by atoms with Crippen molar-refractivity contribution in [2.75, 3.05) is 25.7 Å². The van der Waals surface area contributed by atoms with Crippen molar-refractivity contribution in [3.63, 3.8) is 0 Å². The molecule has 0 aromatic carbocycles. The van der Waals surface area contributed by atoms with E-state index in [1.54, 1.807) is 7.11 Å². The number of hydrazine groups is 1. The Morgan fingerprint density at radius 3 is 2.89 bits per heavy atom. The molecular weight excluding hydrogens is 268 g/mol. The molecule has 1 aliphatic carbocycles. The first-order valence-electron chi connectivity index (χ1n) is 6.03. The minimum atomic E-state index is -3.52. The molecule has 1 heterocycles. The molecule has 0 bridgehead atoms. The Balaban J connectivity index is 2.27. The van der Waals surface area contributed by atoms with Crippen molar-refractivity contribution in [3.8, 4) is 0 Å². The molecule has 1 aromatic heterocycles. The van der Waals surface area contributed by atoms with E-state index in [1.165, 1.54) is 22.6 Å². The molecule has 1 aliphatic rings. The standard InChI is InChI=1S/C11H18N4O3S/c1-18-7-6-15(9-2-3-9)19(16,17)10-4-5-13-11(8-10)14-12/h4-5,8-9H,2-3,6-7,12H2,1H3,(H,13,14). The minimum Gasteiger partial charge on any atom is -0.383 e. The molecule has 0 aliphatic heterocycles. The van der Waals surface area contributed by atoms with Gasteiger partial charge in [-0.25, -0.2) is 19.2 Å². The van der Waals surface area contributed by atoms with E-state index in [4.69, 9.17) is 10.6 Å². The zero-order valence-corrected chi connectivity index (χ0v) is 11.6. The predicted octanol–water partition coefficient (Wildman–Crippen LogP) is 0.167. The lowest BCUT2D eigenvalue weighted by atomic mass is 10.5. The first-order chi connectivity index (χ1) is 9.09. The van der Waals surface area contributed by atoms with E-state index in [0.717, 1.165) is 12.8 Å². The molecule has 0 spiro atoms. The molecule has 0 atom stereocenters. The Hall–Kier alpha value is -1.22. The van der Waals surface area contributed by atoms with Gasteiger partial charge in [0, 0.05) is 32.0 Å². The second-order valence-electron chi connectivity index (χ2n) is 4.36. The van der Waals surface area contributed by atoms with Gasteiger partial charge in [0.05, 0.1) is 11.5 Å². The van der Waals surface area contributed by atoms with Crippen LogP contribution in [0.3, 0.4) is 0 Å². The highest BCUT2D eigenvalue weighted by atomic mass is 32.2. The zero-order valence-electron chi connectivity index (χ0n) is 10.7. The molecule has 1 saturated carbocycles. The summed E-state index contributed by atoms with van der Waals surface area (Å²) in [4.78, 5) is 4.10. The van der Waals surface area contributed by atoms with Gasteiger partial charge in [0.2, 0.25) is 10.0 Å². The SMILES string of the molecule is COCCN(C1CC1)S(=O)(=O)c1ccnc(NN)c1. The van der Waals surface area contributed by atoms with Crippen molar-refractivity contribution < 1.29 is 13.2 Å². The summed E-state index contributed by atoms with van der Waals surface area (Å²) in [5.74, 6) is 5.57. The molecule has 19 heavy (non-hydrogen) atoms. The Morgan fingerprint density at radius 1 is 1.58 bits per heavy atom. The highest BCUT2D eigenvalue weighted by molar-refractivity contribution is 7.89. The smallest absolute Gasteiger partial charge is 0.243 e. The van der Waals surface area contributed by atoms with Gasteiger partial charge < -0.3 is 10.2 Å². The summed E-state index contributed by atoms with van der Waals surface area (Å²) in [5, 5.41) is 0. The number of methoxy groups -OCH3 is 1. The Morgan fingerprint density at radius 2 is 2.32 bits per heavy atom. The predicted molar refractivity (Wildman–Crippen MR) is 70.8 cm³/mol. The second-order valence-corrected chi connectivity index (χ2v) is 6.25. The summed E-state index contributed by atoms with van der Waals surface area (Å²) in [6.45, 7) is 0.736. The number of nitrogens with two attached hydrogens (primary N) is 1. The van der Waals surface area contributed by atoms with E-state index in [-0.39, 0.29) is 10.9 Å². The summed E-state index contributed by atoms with van der Waals surface area (Å²) in [5.41, 5.74) is 2.35. The lowest BCUT2D eigenvalue weighted by molar-refractivity contribution is 0.177. The van der Waals surface area contributed by atoms with Gasteiger partial charge in [-0.15, -0.1) is 0 Å². The van der Waals surface area contributed by atoms with E-state index in [0.29, 0.717) is 19.0 Å². The molecule has 0 saturated heterocycles. The van der Waals surface area contributed by atoms with Crippen LogP contribution in [0.2, 0.25) is 0 Å².